The number of aliphatic carboxylic acids is 1. The van der Waals surface area contributed by atoms with E-state index in [1.165, 1.54) is 0 Å². The third kappa shape index (κ3) is 4.55. The van der Waals surface area contributed by atoms with Crippen molar-refractivity contribution in [2.75, 3.05) is 0 Å². The van der Waals surface area contributed by atoms with Crippen LogP contribution in [0, 0.1) is 11.8 Å². The van der Waals surface area contributed by atoms with Gasteiger partial charge in [0.1, 0.15) is 6.04 Å². The van der Waals surface area contributed by atoms with E-state index in [0.29, 0.717) is 12.3 Å². The molecule has 0 aromatic carbocycles. The van der Waals surface area contributed by atoms with Crippen molar-refractivity contribution >= 4 is 12.0 Å². The van der Waals surface area contributed by atoms with Crippen LogP contribution in [0.4, 0.5) is 4.79 Å². The van der Waals surface area contributed by atoms with Crippen molar-refractivity contribution in [3.05, 3.63) is 0 Å². The lowest BCUT2D eigenvalue weighted by atomic mass is 10.0. The first-order valence-electron chi connectivity index (χ1n) is 6.70. The molecule has 0 heterocycles. The Hall–Kier alpha value is -1.26. The van der Waals surface area contributed by atoms with E-state index in [0.717, 1.165) is 19.3 Å². The van der Waals surface area contributed by atoms with Gasteiger partial charge in [0.2, 0.25) is 0 Å². The first-order valence-corrected chi connectivity index (χ1v) is 6.70. The molecule has 0 aliphatic heterocycles. The SMILES string of the molecule is CC(C)CC(NC(=O)NC1CCCC1C)C(=O)O. The monoisotopic (exact) mass is 256 g/mol. The Morgan fingerprint density at radius 2 is 2.00 bits per heavy atom. The number of urea groups is 1. The molecule has 3 atom stereocenters. The highest BCUT2D eigenvalue weighted by Gasteiger charge is 2.27. The number of carbonyl (C=O) groups excluding carboxylic acids is 1. The molecule has 0 spiro atoms. The third-order valence-electron chi connectivity index (χ3n) is 3.49. The lowest BCUT2D eigenvalue weighted by Crippen LogP contribution is -2.49. The summed E-state index contributed by atoms with van der Waals surface area (Å²) in [5.41, 5.74) is 0. The molecule has 1 rings (SSSR count). The van der Waals surface area contributed by atoms with E-state index in [1.54, 1.807) is 0 Å². The molecule has 5 nitrogen and oxygen atoms in total. The number of rotatable bonds is 5. The predicted octanol–water partition coefficient (Wildman–Crippen LogP) is 1.97. The average Bonchev–Trinajstić information content (AvgIpc) is 2.62. The van der Waals surface area contributed by atoms with Crippen LogP contribution in [0.5, 0.6) is 0 Å². The van der Waals surface area contributed by atoms with Crippen molar-refractivity contribution in [3.8, 4) is 0 Å². The van der Waals surface area contributed by atoms with Gasteiger partial charge in [-0.1, -0.05) is 27.2 Å². The zero-order valence-corrected chi connectivity index (χ0v) is 11.4. The van der Waals surface area contributed by atoms with Gasteiger partial charge in [-0.25, -0.2) is 9.59 Å². The fraction of sp³-hybridized carbons (Fsp3) is 0.846. The van der Waals surface area contributed by atoms with E-state index in [1.807, 2.05) is 13.8 Å². The molecule has 1 saturated carbocycles. The number of hydrogen-bond donors (Lipinski definition) is 3. The summed E-state index contributed by atoms with van der Waals surface area (Å²) < 4.78 is 0. The number of carbonyl (C=O) groups is 2. The van der Waals surface area contributed by atoms with E-state index in [-0.39, 0.29) is 18.0 Å². The highest BCUT2D eigenvalue weighted by molar-refractivity contribution is 5.82. The molecule has 18 heavy (non-hydrogen) atoms. The highest BCUT2D eigenvalue weighted by atomic mass is 16.4. The molecular formula is C13H24N2O3. The van der Waals surface area contributed by atoms with Crippen LogP contribution >= 0.6 is 0 Å². The Bertz CT molecular complexity index is 305. The van der Waals surface area contributed by atoms with Crippen molar-refractivity contribution in [2.24, 2.45) is 11.8 Å². The second-order valence-corrected chi connectivity index (χ2v) is 5.65. The maximum absolute atomic E-state index is 11.8. The second-order valence-electron chi connectivity index (χ2n) is 5.65. The van der Waals surface area contributed by atoms with Crippen LogP contribution < -0.4 is 10.6 Å². The molecule has 0 bridgehead atoms. The first kappa shape index (κ1) is 14.8. The van der Waals surface area contributed by atoms with Crippen molar-refractivity contribution in [2.45, 2.75) is 58.5 Å². The number of carboxylic acids is 1. The summed E-state index contributed by atoms with van der Waals surface area (Å²) in [6.07, 6.45) is 3.68. The summed E-state index contributed by atoms with van der Waals surface area (Å²) in [4.78, 5) is 22.8. The zero-order valence-electron chi connectivity index (χ0n) is 11.4. The van der Waals surface area contributed by atoms with E-state index in [9.17, 15) is 9.59 Å². The van der Waals surface area contributed by atoms with Crippen molar-refractivity contribution < 1.29 is 14.7 Å². The molecule has 5 heteroatoms. The average molecular weight is 256 g/mol. The van der Waals surface area contributed by atoms with E-state index < -0.39 is 12.0 Å². The summed E-state index contributed by atoms with van der Waals surface area (Å²) in [5.74, 6) is -0.265. The van der Waals surface area contributed by atoms with E-state index >= 15 is 0 Å². The van der Waals surface area contributed by atoms with Crippen molar-refractivity contribution in [3.63, 3.8) is 0 Å². The van der Waals surface area contributed by atoms with E-state index in [4.69, 9.17) is 5.11 Å². The molecule has 3 unspecified atom stereocenters. The maximum atomic E-state index is 11.8. The van der Waals surface area contributed by atoms with Crippen LogP contribution in [-0.2, 0) is 4.79 Å². The molecule has 2 amide bonds. The van der Waals surface area contributed by atoms with Gasteiger partial charge in [-0.15, -0.1) is 0 Å². The van der Waals surface area contributed by atoms with Gasteiger partial charge < -0.3 is 15.7 Å². The summed E-state index contributed by atoms with van der Waals surface area (Å²) in [6.45, 7) is 5.99. The Morgan fingerprint density at radius 1 is 1.33 bits per heavy atom. The fourth-order valence-electron chi connectivity index (χ4n) is 2.42. The molecule has 0 saturated heterocycles. The summed E-state index contributed by atoms with van der Waals surface area (Å²) in [7, 11) is 0. The Labute approximate surface area is 108 Å². The van der Waals surface area contributed by atoms with Crippen molar-refractivity contribution in [1.29, 1.82) is 0 Å². The summed E-state index contributed by atoms with van der Waals surface area (Å²) >= 11 is 0. The zero-order chi connectivity index (χ0) is 13.7. The molecule has 3 N–H and O–H groups in total. The molecule has 0 aromatic heterocycles. The smallest absolute Gasteiger partial charge is 0.326 e. The number of nitrogens with one attached hydrogen (secondary N) is 2. The van der Waals surface area contributed by atoms with Crippen LogP contribution in [0.15, 0.2) is 0 Å². The Balaban J connectivity index is 2.43. The molecular weight excluding hydrogens is 232 g/mol. The molecule has 1 aliphatic carbocycles. The topological polar surface area (TPSA) is 78.4 Å². The molecule has 0 radical (unpaired) electrons. The number of hydrogen-bond acceptors (Lipinski definition) is 2. The lowest BCUT2D eigenvalue weighted by Gasteiger charge is -2.21. The van der Waals surface area contributed by atoms with Gasteiger partial charge in [0.05, 0.1) is 0 Å². The predicted molar refractivity (Wildman–Crippen MR) is 69.3 cm³/mol. The first-order chi connectivity index (χ1) is 8.40. The van der Waals surface area contributed by atoms with Gasteiger partial charge in [0.15, 0.2) is 0 Å². The second kappa shape index (κ2) is 6.61. The van der Waals surface area contributed by atoms with Crippen LogP contribution in [-0.4, -0.2) is 29.2 Å². The maximum Gasteiger partial charge on any atom is 0.326 e. The minimum atomic E-state index is -0.974. The summed E-state index contributed by atoms with van der Waals surface area (Å²) in [6, 6.07) is -0.984. The largest absolute Gasteiger partial charge is 0.480 e. The Kier molecular flexibility index (Phi) is 5.44. The van der Waals surface area contributed by atoms with Gasteiger partial charge in [0.25, 0.3) is 0 Å². The van der Waals surface area contributed by atoms with Gasteiger partial charge in [0, 0.05) is 6.04 Å². The normalized spacial score (nSPS) is 24.9. The lowest BCUT2D eigenvalue weighted by molar-refractivity contribution is -0.139. The number of carboxylic acid groups (broad SMARTS) is 1. The minimum absolute atomic E-state index is 0.179. The standard InChI is InChI=1S/C13H24N2O3/c1-8(2)7-11(12(16)17)15-13(18)14-10-6-4-5-9(10)3/h8-11H,4-7H2,1-3H3,(H,16,17)(H2,14,15,18). The third-order valence-corrected chi connectivity index (χ3v) is 3.49. The van der Waals surface area contributed by atoms with Crippen LogP contribution in [0.25, 0.3) is 0 Å². The fourth-order valence-corrected chi connectivity index (χ4v) is 2.42. The molecule has 104 valence electrons. The van der Waals surface area contributed by atoms with Gasteiger partial charge in [-0.2, -0.15) is 0 Å². The molecule has 0 aromatic rings. The highest BCUT2D eigenvalue weighted by Crippen LogP contribution is 2.24. The minimum Gasteiger partial charge on any atom is -0.480 e. The quantitative estimate of drug-likeness (QED) is 0.703. The van der Waals surface area contributed by atoms with Crippen LogP contribution in [0.2, 0.25) is 0 Å². The van der Waals surface area contributed by atoms with Crippen LogP contribution in [0.3, 0.4) is 0 Å². The summed E-state index contributed by atoms with van der Waals surface area (Å²) in [5, 5.41) is 14.5. The molecule has 1 aliphatic rings. The van der Waals surface area contributed by atoms with Gasteiger partial charge >= 0.3 is 12.0 Å². The van der Waals surface area contributed by atoms with Crippen molar-refractivity contribution in [1.82, 2.24) is 10.6 Å². The van der Waals surface area contributed by atoms with Crippen LogP contribution in [0.1, 0.15) is 46.5 Å². The Morgan fingerprint density at radius 3 is 2.44 bits per heavy atom. The van der Waals surface area contributed by atoms with E-state index in [2.05, 4.69) is 17.6 Å². The van der Waals surface area contributed by atoms with Gasteiger partial charge in [-0.05, 0) is 31.1 Å². The molecule has 1 fully saturated rings. The van der Waals surface area contributed by atoms with Gasteiger partial charge in [-0.3, -0.25) is 0 Å². The number of amides is 2.